The highest BCUT2D eigenvalue weighted by atomic mass is 15.1. The Morgan fingerprint density at radius 1 is 0.354 bits per heavy atom. The quantitative estimate of drug-likeness (QED) is 0.0485. The summed E-state index contributed by atoms with van der Waals surface area (Å²) in [7, 11) is 0. The monoisotopic (exact) mass is 672 g/mol. The average molecular weight is 672 g/mol. The molecule has 0 aliphatic rings. The Bertz CT molecular complexity index is 736. The van der Waals surface area contributed by atoms with Crippen LogP contribution < -0.4 is 4.57 Å². The van der Waals surface area contributed by atoms with E-state index in [0.29, 0.717) is 0 Å². The van der Waals surface area contributed by atoms with Gasteiger partial charge in [-0.1, -0.05) is 226 Å². The first-order chi connectivity index (χ1) is 23.8. The van der Waals surface area contributed by atoms with Crippen molar-refractivity contribution < 1.29 is 4.57 Å². The molecule has 0 unspecified atom stereocenters. The molecule has 0 fully saturated rings. The molecule has 2 heteroatoms. The maximum atomic E-state index is 2.64. The minimum Gasteiger partial charge on any atom is -0.234 e. The number of rotatable bonds is 40. The van der Waals surface area contributed by atoms with E-state index in [1.54, 1.807) is 5.82 Å². The van der Waals surface area contributed by atoms with Crippen LogP contribution in [0.5, 0.6) is 0 Å². The van der Waals surface area contributed by atoms with Crippen molar-refractivity contribution >= 4 is 0 Å². The van der Waals surface area contributed by atoms with Crippen LogP contribution in [0.4, 0.5) is 0 Å². The molecule has 0 radical (unpaired) electrons. The lowest BCUT2D eigenvalue weighted by atomic mass is 10.0. The van der Waals surface area contributed by atoms with Gasteiger partial charge in [0.15, 0.2) is 0 Å². The van der Waals surface area contributed by atoms with Gasteiger partial charge in [-0.25, -0.2) is 9.13 Å². The Kier molecular flexibility index (Phi) is 35.3. The predicted molar refractivity (Wildman–Crippen MR) is 216 cm³/mol. The van der Waals surface area contributed by atoms with Crippen molar-refractivity contribution in [2.24, 2.45) is 0 Å². The molecule has 0 spiro atoms. The van der Waals surface area contributed by atoms with E-state index in [4.69, 9.17) is 0 Å². The maximum absolute atomic E-state index is 2.64. The van der Waals surface area contributed by atoms with Gasteiger partial charge in [0.05, 0.1) is 13.1 Å². The minimum absolute atomic E-state index is 1.23. The van der Waals surface area contributed by atoms with E-state index in [9.17, 15) is 0 Å². The number of nitrogens with zero attached hydrogens (tertiary/aromatic N) is 2. The standard InChI is InChI=1S/C46H91N2/c1-4-7-10-13-16-18-20-22-24-25-27-29-31-33-35-38-41-46-47(42-39-36-15-12-9-6-3)44-45-48(46)43-40-37-34-32-30-28-26-23-21-19-17-14-11-8-5-2/h44-45H,4-43H2,1-3H3/q+1. The Hall–Kier alpha value is -0.790. The number of aryl methyl sites for hydroxylation is 2. The summed E-state index contributed by atoms with van der Waals surface area (Å²) in [4.78, 5) is 0. The van der Waals surface area contributed by atoms with Crippen molar-refractivity contribution in [2.75, 3.05) is 0 Å². The van der Waals surface area contributed by atoms with Gasteiger partial charge >= 0.3 is 0 Å². The second-order valence-corrected chi connectivity index (χ2v) is 15.9. The third kappa shape index (κ3) is 29.0. The first-order valence-electron chi connectivity index (χ1n) is 22.9. The fourth-order valence-corrected chi connectivity index (χ4v) is 7.74. The van der Waals surface area contributed by atoms with Crippen molar-refractivity contribution in [1.29, 1.82) is 0 Å². The zero-order valence-electron chi connectivity index (χ0n) is 33.8. The van der Waals surface area contributed by atoms with Crippen molar-refractivity contribution in [3.63, 3.8) is 0 Å². The normalized spacial score (nSPS) is 11.6. The van der Waals surface area contributed by atoms with E-state index >= 15 is 0 Å². The fourth-order valence-electron chi connectivity index (χ4n) is 7.74. The van der Waals surface area contributed by atoms with Gasteiger partial charge in [-0.05, 0) is 32.1 Å². The van der Waals surface area contributed by atoms with Crippen LogP contribution in [-0.4, -0.2) is 4.57 Å². The van der Waals surface area contributed by atoms with Crippen molar-refractivity contribution in [3.8, 4) is 0 Å². The van der Waals surface area contributed by atoms with Crippen molar-refractivity contribution in [2.45, 2.75) is 278 Å². The van der Waals surface area contributed by atoms with Gasteiger partial charge in [-0.15, -0.1) is 0 Å². The molecule has 0 saturated carbocycles. The van der Waals surface area contributed by atoms with E-state index in [-0.39, 0.29) is 0 Å². The molecule has 0 amide bonds. The lowest BCUT2D eigenvalue weighted by Gasteiger charge is -2.07. The molecule has 1 aromatic rings. The van der Waals surface area contributed by atoms with Gasteiger partial charge in [0.1, 0.15) is 12.4 Å². The number of unbranched alkanes of at least 4 members (excludes halogenated alkanes) is 34. The zero-order chi connectivity index (χ0) is 34.4. The summed E-state index contributed by atoms with van der Waals surface area (Å²) in [5.74, 6) is 1.62. The van der Waals surface area contributed by atoms with Crippen LogP contribution in [0, 0.1) is 0 Å². The third-order valence-electron chi connectivity index (χ3n) is 11.1. The Labute approximate surface area is 304 Å². The molecule has 0 atom stereocenters. The Morgan fingerprint density at radius 3 is 1.00 bits per heavy atom. The summed E-state index contributed by atoms with van der Waals surface area (Å²) in [6.07, 6.45) is 59.4. The molecule has 1 heterocycles. The Morgan fingerprint density at radius 2 is 0.646 bits per heavy atom. The molecule has 1 aromatic heterocycles. The van der Waals surface area contributed by atoms with E-state index < -0.39 is 0 Å². The second kappa shape index (κ2) is 37.5. The van der Waals surface area contributed by atoms with Gasteiger partial charge in [0.25, 0.3) is 5.82 Å². The van der Waals surface area contributed by atoms with E-state index in [1.807, 2.05) is 0 Å². The number of aromatic nitrogens is 2. The summed E-state index contributed by atoms with van der Waals surface area (Å²) in [6.45, 7) is 9.41. The van der Waals surface area contributed by atoms with E-state index in [2.05, 4.69) is 42.3 Å². The molecule has 284 valence electrons. The van der Waals surface area contributed by atoms with Crippen LogP contribution in [0.15, 0.2) is 12.4 Å². The predicted octanol–water partition coefficient (Wildman–Crippen LogP) is 15.8. The number of hydrogen-bond acceptors (Lipinski definition) is 0. The van der Waals surface area contributed by atoms with Crippen LogP contribution in [0.25, 0.3) is 0 Å². The first-order valence-corrected chi connectivity index (χ1v) is 22.9. The first kappa shape index (κ1) is 45.2. The molecule has 0 saturated heterocycles. The van der Waals surface area contributed by atoms with Gasteiger partial charge < -0.3 is 0 Å². The topological polar surface area (TPSA) is 8.81 Å². The van der Waals surface area contributed by atoms with Crippen molar-refractivity contribution in [1.82, 2.24) is 4.57 Å². The smallest absolute Gasteiger partial charge is 0.234 e. The third-order valence-corrected chi connectivity index (χ3v) is 11.1. The van der Waals surface area contributed by atoms with Gasteiger partial charge in [-0.2, -0.15) is 0 Å². The molecule has 0 bridgehead atoms. The van der Waals surface area contributed by atoms with E-state index in [1.165, 1.54) is 257 Å². The summed E-state index contributed by atoms with van der Waals surface area (Å²) in [5, 5.41) is 0. The zero-order valence-corrected chi connectivity index (χ0v) is 33.8. The summed E-state index contributed by atoms with van der Waals surface area (Å²) < 4.78 is 5.28. The highest BCUT2D eigenvalue weighted by Crippen LogP contribution is 2.16. The van der Waals surface area contributed by atoms with Crippen LogP contribution in [-0.2, 0) is 19.5 Å². The highest BCUT2D eigenvalue weighted by Gasteiger charge is 2.16. The highest BCUT2D eigenvalue weighted by molar-refractivity contribution is 4.84. The van der Waals surface area contributed by atoms with Gasteiger partial charge in [-0.3, -0.25) is 0 Å². The lowest BCUT2D eigenvalue weighted by Crippen LogP contribution is -2.37. The fraction of sp³-hybridized carbons (Fsp3) is 0.935. The molecule has 0 aliphatic carbocycles. The maximum Gasteiger partial charge on any atom is 0.256 e. The Balaban J connectivity index is 2.18. The number of imidazole rings is 1. The van der Waals surface area contributed by atoms with Crippen molar-refractivity contribution in [3.05, 3.63) is 18.2 Å². The summed E-state index contributed by atoms with van der Waals surface area (Å²) in [5.41, 5.74) is 0. The molecule has 1 rings (SSSR count). The molecule has 0 N–H and O–H groups in total. The molecule has 0 aromatic carbocycles. The molecule has 2 nitrogen and oxygen atoms in total. The average Bonchev–Trinajstić information content (AvgIpc) is 3.48. The van der Waals surface area contributed by atoms with E-state index in [0.717, 1.165) is 0 Å². The summed E-state index contributed by atoms with van der Waals surface area (Å²) in [6, 6.07) is 0. The lowest BCUT2D eigenvalue weighted by molar-refractivity contribution is -0.704. The molecule has 48 heavy (non-hydrogen) atoms. The molecular formula is C46H91N2+. The van der Waals surface area contributed by atoms with Crippen LogP contribution >= 0.6 is 0 Å². The largest absolute Gasteiger partial charge is 0.256 e. The van der Waals surface area contributed by atoms with Crippen LogP contribution in [0.1, 0.15) is 264 Å². The van der Waals surface area contributed by atoms with Crippen LogP contribution in [0.3, 0.4) is 0 Å². The minimum atomic E-state index is 1.23. The van der Waals surface area contributed by atoms with Gasteiger partial charge in [0, 0.05) is 6.42 Å². The summed E-state index contributed by atoms with van der Waals surface area (Å²) >= 11 is 0. The number of hydrogen-bond donors (Lipinski definition) is 0. The van der Waals surface area contributed by atoms with Gasteiger partial charge in [0.2, 0.25) is 0 Å². The molecule has 0 aliphatic heterocycles. The van der Waals surface area contributed by atoms with Crippen LogP contribution in [0.2, 0.25) is 0 Å². The second-order valence-electron chi connectivity index (χ2n) is 15.9. The molecular weight excluding hydrogens is 581 g/mol. The SMILES string of the molecule is CCCCCCCCCCCCCCCCCCc1n(CCCCCCCC)cc[n+]1CCCCCCCCCCCCCCCCC.